The van der Waals surface area contributed by atoms with Gasteiger partial charge < -0.3 is 54.8 Å². The number of hydrogen-bond acceptors (Lipinski definition) is 12. The Kier molecular flexibility index (Phi) is 8.63. The van der Waals surface area contributed by atoms with E-state index >= 15 is 0 Å². The van der Waals surface area contributed by atoms with E-state index in [1.165, 1.54) is 38.3 Å². The van der Waals surface area contributed by atoms with Gasteiger partial charge in [0, 0.05) is 5.56 Å². The first kappa shape index (κ1) is 30.6. The zero-order chi connectivity index (χ0) is 30.9. The maximum Gasteiger partial charge on any atom is 0.404 e. The van der Waals surface area contributed by atoms with Crippen LogP contribution in [-0.2, 0) is 16.1 Å². The molecule has 0 aliphatic carbocycles. The van der Waals surface area contributed by atoms with E-state index in [2.05, 4.69) is 5.32 Å². The SMILES string of the molecule is COc1cccc(CO)c1C(=O)Nc1c(O)c2ccc(O[C@@H]3OC(C)(C)[C@H](CO)[C@@H](OC(N)=O)[C@H]3O)c(C)c2oc1=O. The Morgan fingerprint density at radius 3 is 2.48 bits per heavy atom. The molecular formula is C28H32N2O12. The molecule has 226 valence electrons. The van der Waals surface area contributed by atoms with E-state index < -0.39 is 72.3 Å². The summed E-state index contributed by atoms with van der Waals surface area (Å²) in [7, 11) is 1.34. The van der Waals surface area contributed by atoms with Crippen molar-refractivity contribution in [3.05, 3.63) is 57.4 Å². The number of ether oxygens (including phenoxy) is 4. The molecule has 1 aliphatic rings. The molecule has 1 saturated heterocycles. The van der Waals surface area contributed by atoms with Crippen molar-refractivity contribution in [1.82, 2.24) is 0 Å². The Balaban J connectivity index is 1.68. The molecular weight excluding hydrogens is 556 g/mol. The molecule has 3 aromatic rings. The average Bonchev–Trinajstić information content (AvgIpc) is 2.94. The molecule has 0 bridgehead atoms. The molecule has 0 spiro atoms. The van der Waals surface area contributed by atoms with Crippen LogP contribution in [0.2, 0.25) is 0 Å². The van der Waals surface area contributed by atoms with Gasteiger partial charge >= 0.3 is 11.7 Å². The number of hydrogen-bond donors (Lipinski definition) is 6. The molecule has 1 aliphatic heterocycles. The standard InChI is InChI=1S/C28H32N2O12/c1-12-16(39-26-21(34)23(41-27(29)37)15(11-32)28(2,3)42-26)9-8-14-20(33)19(25(36)40-22(12)14)30-24(35)18-13(10-31)6-5-7-17(18)38-4/h5-9,15,21,23,26,31-34H,10-11H2,1-4H3,(H2,29,37)(H,30,35)/t15-,21-,23-,26-/m1/s1. The van der Waals surface area contributed by atoms with Gasteiger partial charge in [0.15, 0.2) is 17.5 Å². The lowest BCUT2D eigenvalue weighted by Crippen LogP contribution is -2.62. The van der Waals surface area contributed by atoms with Gasteiger partial charge in [0.25, 0.3) is 5.91 Å². The number of nitrogens with one attached hydrogen (secondary N) is 1. The van der Waals surface area contributed by atoms with Crippen LogP contribution in [0.4, 0.5) is 10.5 Å². The van der Waals surface area contributed by atoms with Gasteiger partial charge in [0.2, 0.25) is 6.29 Å². The molecule has 4 rings (SSSR count). The smallest absolute Gasteiger partial charge is 0.404 e. The molecule has 0 saturated carbocycles. The number of fused-ring (bicyclic) bond motifs is 1. The summed E-state index contributed by atoms with van der Waals surface area (Å²) in [5.74, 6) is -2.00. The van der Waals surface area contributed by atoms with Crippen LogP contribution < -0.4 is 26.1 Å². The molecule has 4 atom stereocenters. The fourth-order valence-electron chi connectivity index (χ4n) is 4.99. The third-order valence-electron chi connectivity index (χ3n) is 7.23. The predicted molar refractivity (Wildman–Crippen MR) is 146 cm³/mol. The first-order valence-corrected chi connectivity index (χ1v) is 12.8. The molecule has 42 heavy (non-hydrogen) atoms. The second-order valence-corrected chi connectivity index (χ2v) is 10.2. The zero-order valence-corrected chi connectivity index (χ0v) is 23.2. The molecule has 1 fully saturated rings. The molecule has 2 heterocycles. The van der Waals surface area contributed by atoms with E-state index in [-0.39, 0.29) is 39.2 Å². The molecule has 14 heteroatoms. The van der Waals surface area contributed by atoms with Gasteiger partial charge in [-0.2, -0.15) is 0 Å². The summed E-state index contributed by atoms with van der Waals surface area (Å²) in [4.78, 5) is 37.5. The quantitative estimate of drug-likeness (QED) is 0.206. The van der Waals surface area contributed by atoms with Crippen molar-refractivity contribution < 1.29 is 53.4 Å². The number of aliphatic hydroxyl groups excluding tert-OH is 3. The topological polar surface area (TPSA) is 220 Å². The van der Waals surface area contributed by atoms with Gasteiger partial charge in [-0.1, -0.05) is 12.1 Å². The third kappa shape index (κ3) is 5.56. The Hall–Kier alpha value is -4.37. The van der Waals surface area contributed by atoms with E-state index in [1.54, 1.807) is 19.9 Å². The monoisotopic (exact) mass is 588 g/mol. The molecule has 7 N–H and O–H groups in total. The number of carbonyl (C=O) groups is 2. The van der Waals surface area contributed by atoms with Crippen LogP contribution in [0.3, 0.4) is 0 Å². The van der Waals surface area contributed by atoms with Crippen molar-refractivity contribution >= 4 is 28.7 Å². The van der Waals surface area contributed by atoms with Crippen molar-refractivity contribution in [2.45, 2.75) is 51.5 Å². The number of aryl methyl sites for hydroxylation is 1. The Morgan fingerprint density at radius 1 is 1.14 bits per heavy atom. The Bertz CT molecular complexity index is 1540. The minimum atomic E-state index is -1.56. The summed E-state index contributed by atoms with van der Waals surface area (Å²) >= 11 is 0. The number of nitrogens with two attached hydrogens (primary N) is 1. The van der Waals surface area contributed by atoms with Crippen LogP contribution in [-0.4, -0.2) is 70.2 Å². The number of rotatable bonds is 8. The first-order valence-electron chi connectivity index (χ1n) is 12.8. The Morgan fingerprint density at radius 2 is 1.86 bits per heavy atom. The number of methoxy groups -OCH3 is 1. The van der Waals surface area contributed by atoms with Crippen LogP contribution in [0.1, 0.15) is 35.3 Å². The minimum absolute atomic E-state index is 0.0302. The zero-order valence-electron chi connectivity index (χ0n) is 23.2. The molecule has 2 amide bonds. The van der Waals surface area contributed by atoms with Crippen LogP contribution in [0.15, 0.2) is 39.5 Å². The Labute approximate surface area is 239 Å². The number of anilines is 1. The number of primary amides is 1. The highest BCUT2D eigenvalue weighted by Gasteiger charge is 2.52. The minimum Gasteiger partial charge on any atom is -0.505 e. The van der Waals surface area contributed by atoms with Crippen LogP contribution in [0.5, 0.6) is 17.2 Å². The summed E-state index contributed by atoms with van der Waals surface area (Å²) in [6.07, 6.45) is -5.38. The molecule has 0 unspecified atom stereocenters. The second-order valence-electron chi connectivity index (χ2n) is 10.2. The average molecular weight is 589 g/mol. The summed E-state index contributed by atoms with van der Waals surface area (Å²) in [5, 5.41) is 43.7. The predicted octanol–water partition coefficient (Wildman–Crippen LogP) is 1.51. The van der Waals surface area contributed by atoms with Gasteiger partial charge in [-0.25, -0.2) is 9.59 Å². The largest absolute Gasteiger partial charge is 0.505 e. The summed E-state index contributed by atoms with van der Waals surface area (Å²) < 4.78 is 27.5. The maximum absolute atomic E-state index is 13.1. The fraction of sp³-hybridized carbons (Fsp3) is 0.393. The van der Waals surface area contributed by atoms with Crippen molar-refractivity contribution in [3.8, 4) is 17.2 Å². The van der Waals surface area contributed by atoms with Gasteiger partial charge in [-0.05, 0) is 44.5 Å². The highest BCUT2D eigenvalue weighted by Crippen LogP contribution is 2.40. The number of benzene rings is 2. The van der Waals surface area contributed by atoms with Crippen molar-refractivity contribution in [2.24, 2.45) is 11.7 Å². The van der Waals surface area contributed by atoms with Gasteiger partial charge in [-0.15, -0.1) is 0 Å². The summed E-state index contributed by atoms with van der Waals surface area (Å²) in [6, 6.07) is 7.37. The van der Waals surface area contributed by atoms with Gasteiger partial charge in [0.1, 0.15) is 23.2 Å². The molecule has 14 nitrogen and oxygen atoms in total. The summed E-state index contributed by atoms with van der Waals surface area (Å²) in [6.45, 7) is 3.79. The molecule has 2 aromatic carbocycles. The van der Waals surface area contributed by atoms with Crippen LogP contribution in [0, 0.1) is 12.8 Å². The van der Waals surface area contributed by atoms with Crippen LogP contribution >= 0.6 is 0 Å². The van der Waals surface area contributed by atoms with Crippen molar-refractivity contribution in [2.75, 3.05) is 19.0 Å². The van der Waals surface area contributed by atoms with E-state index in [1.807, 2.05) is 0 Å². The maximum atomic E-state index is 13.1. The van der Waals surface area contributed by atoms with Crippen molar-refractivity contribution in [1.29, 1.82) is 0 Å². The summed E-state index contributed by atoms with van der Waals surface area (Å²) in [5.41, 5.74) is 2.78. The lowest BCUT2D eigenvalue weighted by atomic mass is 9.81. The lowest BCUT2D eigenvalue weighted by molar-refractivity contribution is -0.290. The fourth-order valence-corrected chi connectivity index (χ4v) is 4.99. The number of amides is 2. The van der Waals surface area contributed by atoms with E-state index in [9.17, 15) is 34.8 Å². The number of aliphatic hydroxyl groups is 3. The van der Waals surface area contributed by atoms with E-state index in [4.69, 9.17) is 29.1 Å². The van der Waals surface area contributed by atoms with Crippen LogP contribution in [0.25, 0.3) is 11.0 Å². The van der Waals surface area contributed by atoms with Crippen molar-refractivity contribution in [3.63, 3.8) is 0 Å². The van der Waals surface area contributed by atoms with Gasteiger partial charge in [-0.3, -0.25) is 4.79 Å². The highest BCUT2D eigenvalue weighted by atomic mass is 16.7. The van der Waals surface area contributed by atoms with E-state index in [0.717, 1.165) is 0 Å². The first-order chi connectivity index (χ1) is 19.8. The van der Waals surface area contributed by atoms with Gasteiger partial charge in [0.05, 0.1) is 42.8 Å². The second kappa shape index (κ2) is 11.9. The molecule has 1 aromatic heterocycles. The lowest BCUT2D eigenvalue weighted by Gasteiger charge is -2.47. The highest BCUT2D eigenvalue weighted by molar-refractivity contribution is 6.09. The number of aromatic hydroxyl groups is 1. The third-order valence-corrected chi connectivity index (χ3v) is 7.23. The normalized spacial score (nSPS) is 21.5. The molecule has 0 radical (unpaired) electrons. The number of carbonyl (C=O) groups excluding carboxylic acids is 2. The van der Waals surface area contributed by atoms with E-state index in [0.29, 0.717) is 0 Å².